The molecule has 0 amide bonds. The van der Waals surface area contributed by atoms with E-state index in [1.807, 2.05) is 43.4 Å². The van der Waals surface area contributed by atoms with Gasteiger partial charge in [0.1, 0.15) is 5.75 Å². The summed E-state index contributed by atoms with van der Waals surface area (Å²) in [6.07, 6.45) is 2.76. The standard InChI is InChI=1S/C17H23N3O/c1-13(12-14-7-9-15(21-4)10-8-14)19-16-6-5-11-18-17(16)20(2)3/h5-11,13,19H,12H2,1-4H3. The zero-order valence-electron chi connectivity index (χ0n) is 13.1. The lowest BCUT2D eigenvalue weighted by molar-refractivity contribution is 0.414. The Morgan fingerprint density at radius 1 is 1.19 bits per heavy atom. The molecule has 0 radical (unpaired) electrons. The Morgan fingerprint density at radius 3 is 2.52 bits per heavy atom. The number of rotatable bonds is 6. The van der Waals surface area contributed by atoms with Crippen LogP contribution in [0, 0.1) is 0 Å². The van der Waals surface area contributed by atoms with Crippen molar-refractivity contribution in [2.45, 2.75) is 19.4 Å². The minimum atomic E-state index is 0.321. The molecule has 4 heteroatoms. The first kappa shape index (κ1) is 15.2. The lowest BCUT2D eigenvalue weighted by Crippen LogP contribution is -2.21. The molecule has 1 heterocycles. The van der Waals surface area contributed by atoms with Gasteiger partial charge in [-0.15, -0.1) is 0 Å². The molecular formula is C17H23N3O. The Balaban J connectivity index is 2.02. The van der Waals surface area contributed by atoms with E-state index in [1.165, 1.54) is 5.56 Å². The summed E-state index contributed by atoms with van der Waals surface area (Å²) < 4.78 is 5.18. The average molecular weight is 285 g/mol. The van der Waals surface area contributed by atoms with Crippen LogP contribution in [-0.4, -0.2) is 32.2 Å². The highest BCUT2D eigenvalue weighted by atomic mass is 16.5. The van der Waals surface area contributed by atoms with Crippen LogP contribution in [0.25, 0.3) is 0 Å². The Bertz CT molecular complexity index is 567. The molecule has 2 aromatic rings. The van der Waals surface area contributed by atoms with E-state index in [0.29, 0.717) is 6.04 Å². The maximum Gasteiger partial charge on any atom is 0.151 e. The van der Waals surface area contributed by atoms with Crippen molar-refractivity contribution in [3.8, 4) is 5.75 Å². The first-order chi connectivity index (χ1) is 10.1. The summed E-state index contributed by atoms with van der Waals surface area (Å²) in [6, 6.07) is 12.5. The second-order valence-electron chi connectivity index (χ2n) is 5.37. The number of ether oxygens (including phenoxy) is 1. The fraction of sp³-hybridized carbons (Fsp3) is 0.353. The summed E-state index contributed by atoms with van der Waals surface area (Å²) in [5, 5.41) is 3.53. The van der Waals surface area contributed by atoms with Crippen molar-refractivity contribution in [2.24, 2.45) is 0 Å². The fourth-order valence-electron chi connectivity index (χ4n) is 2.30. The van der Waals surface area contributed by atoms with Crippen LogP contribution in [0.5, 0.6) is 5.75 Å². The van der Waals surface area contributed by atoms with Crippen molar-refractivity contribution >= 4 is 11.5 Å². The zero-order chi connectivity index (χ0) is 15.2. The lowest BCUT2D eigenvalue weighted by atomic mass is 10.1. The van der Waals surface area contributed by atoms with Gasteiger partial charge in [0, 0.05) is 26.3 Å². The SMILES string of the molecule is COc1ccc(CC(C)Nc2cccnc2N(C)C)cc1. The highest BCUT2D eigenvalue weighted by Crippen LogP contribution is 2.22. The summed E-state index contributed by atoms with van der Waals surface area (Å²) in [5.41, 5.74) is 2.34. The van der Waals surface area contributed by atoms with E-state index in [-0.39, 0.29) is 0 Å². The average Bonchev–Trinajstić information content (AvgIpc) is 2.48. The predicted octanol–water partition coefficient (Wildman–Crippen LogP) is 3.20. The third kappa shape index (κ3) is 4.12. The van der Waals surface area contributed by atoms with E-state index in [2.05, 4.69) is 35.4 Å². The van der Waals surface area contributed by atoms with E-state index in [0.717, 1.165) is 23.7 Å². The van der Waals surface area contributed by atoms with Crippen LogP contribution in [0.2, 0.25) is 0 Å². The number of hydrogen-bond donors (Lipinski definition) is 1. The summed E-state index contributed by atoms with van der Waals surface area (Å²) in [4.78, 5) is 6.42. The molecule has 1 unspecified atom stereocenters. The molecule has 0 aliphatic carbocycles. The largest absolute Gasteiger partial charge is 0.497 e. The van der Waals surface area contributed by atoms with Gasteiger partial charge in [0.05, 0.1) is 12.8 Å². The Hall–Kier alpha value is -2.23. The summed E-state index contributed by atoms with van der Waals surface area (Å²) in [5.74, 6) is 1.85. The first-order valence-corrected chi connectivity index (χ1v) is 7.12. The minimum absolute atomic E-state index is 0.321. The Kier molecular flexibility index (Phi) is 5.04. The molecule has 1 aromatic heterocycles. The van der Waals surface area contributed by atoms with Crippen LogP contribution in [0.4, 0.5) is 11.5 Å². The molecule has 0 saturated carbocycles. The van der Waals surface area contributed by atoms with Crippen LogP contribution in [-0.2, 0) is 6.42 Å². The molecule has 112 valence electrons. The number of methoxy groups -OCH3 is 1. The van der Waals surface area contributed by atoms with Gasteiger partial charge in [-0.05, 0) is 43.2 Å². The Morgan fingerprint density at radius 2 is 1.90 bits per heavy atom. The van der Waals surface area contributed by atoms with Gasteiger partial charge in [-0.25, -0.2) is 4.98 Å². The molecule has 1 atom stereocenters. The second-order valence-corrected chi connectivity index (χ2v) is 5.37. The van der Waals surface area contributed by atoms with Crippen LogP contribution in [0.3, 0.4) is 0 Å². The monoisotopic (exact) mass is 285 g/mol. The van der Waals surface area contributed by atoms with Crippen molar-refractivity contribution < 1.29 is 4.74 Å². The first-order valence-electron chi connectivity index (χ1n) is 7.12. The van der Waals surface area contributed by atoms with Crippen molar-refractivity contribution in [1.29, 1.82) is 0 Å². The highest BCUT2D eigenvalue weighted by molar-refractivity contribution is 5.65. The molecule has 0 aliphatic heterocycles. The molecular weight excluding hydrogens is 262 g/mol. The number of nitrogens with zero attached hydrogens (tertiary/aromatic N) is 2. The van der Waals surface area contributed by atoms with Gasteiger partial charge < -0.3 is 15.0 Å². The maximum absolute atomic E-state index is 5.18. The fourth-order valence-corrected chi connectivity index (χ4v) is 2.30. The number of aromatic nitrogens is 1. The second kappa shape index (κ2) is 6.97. The van der Waals surface area contributed by atoms with Gasteiger partial charge in [-0.1, -0.05) is 12.1 Å². The molecule has 0 spiro atoms. The van der Waals surface area contributed by atoms with Gasteiger partial charge >= 0.3 is 0 Å². The Labute approximate surface area is 126 Å². The van der Waals surface area contributed by atoms with Crippen LogP contribution >= 0.6 is 0 Å². The third-order valence-corrected chi connectivity index (χ3v) is 3.31. The van der Waals surface area contributed by atoms with E-state index in [4.69, 9.17) is 4.74 Å². The molecule has 1 N–H and O–H groups in total. The van der Waals surface area contributed by atoms with E-state index in [1.54, 1.807) is 7.11 Å². The van der Waals surface area contributed by atoms with Gasteiger partial charge in [0.25, 0.3) is 0 Å². The summed E-state index contributed by atoms with van der Waals surface area (Å²) in [7, 11) is 5.69. The smallest absolute Gasteiger partial charge is 0.151 e. The molecule has 21 heavy (non-hydrogen) atoms. The molecule has 0 saturated heterocycles. The normalized spacial score (nSPS) is 11.8. The van der Waals surface area contributed by atoms with Gasteiger partial charge in [0.15, 0.2) is 5.82 Å². The topological polar surface area (TPSA) is 37.4 Å². The van der Waals surface area contributed by atoms with Gasteiger partial charge in [-0.2, -0.15) is 0 Å². The molecule has 1 aromatic carbocycles. The predicted molar refractivity (Wildman–Crippen MR) is 88.3 cm³/mol. The number of benzene rings is 1. The van der Waals surface area contributed by atoms with Crippen molar-refractivity contribution in [2.75, 3.05) is 31.4 Å². The molecule has 4 nitrogen and oxygen atoms in total. The van der Waals surface area contributed by atoms with E-state index in [9.17, 15) is 0 Å². The van der Waals surface area contributed by atoms with Gasteiger partial charge in [0.2, 0.25) is 0 Å². The van der Waals surface area contributed by atoms with Crippen LogP contribution in [0.15, 0.2) is 42.6 Å². The van der Waals surface area contributed by atoms with Gasteiger partial charge in [-0.3, -0.25) is 0 Å². The lowest BCUT2D eigenvalue weighted by Gasteiger charge is -2.21. The van der Waals surface area contributed by atoms with Crippen molar-refractivity contribution in [1.82, 2.24) is 4.98 Å². The van der Waals surface area contributed by atoms with E-state index < -0.39 is 0 Å². The van der Waals surface area contributed by atoms with Crippen LogP contribution in [0.1, 0.15) is 12.5 Å². The maximum atomic E-state index is 5.18. The quantitative estimate of drug-likeness (QED) is 0.884. The molecule has 0 fully saturated rings. The van der Waals surface area contributed by atoms with Crippen molar-refractivity contribution in [3.05, 3.63) is 48.2 Å². The van der Waals surface area contributed by atoms with E-state index >= 15 is 0 Å². The summed E-state index contributed by atoms with van der Waals surface area (Å²) in [6.45, 7) is 2.18. The molecule has 2 rings (SSSR count). The highest BCUT2D eigenvalue weighted by Gasteiger charge is 2.09. The number of hydrogen-bond acceptors (Lipinski definition) is 4. The number of anilines is 2. The minimum Gasteiger partial charge on any atom is -0.497 e. The number of pyridine rings is 1. The molecule has 0 bridgehead atoms. The van der Waals surface area contributed by atoms with Crippen LogP contribution < -0.4 is 15.0 Å². The summed E-state index contributed by atoms with van der Waals surface area (Å²) >= 11 is 0. The number of nitrogens with one attached hydrogen (secondary N) is 1. The van der Waals surface area contributed by atoms with Crippen molar-refractivity contribution in [3.63, 3.8) is 0 Å². The third-order valence-electron chi connectivity index (χ3n) is 3.31. The molecule has 0 aliphatic rings. The zero-order valence-corrected chi connectivity index (χ0v) is 13.1.